The van der Waals surface area contributed by atoms with Crippen LogP contribution < -0.4 is 4.72 Å². The van der Waals surface area contributed by atoms with Crippen LogP contribution in [0.1, 0.15) is 0 Å². The molecule has 0 spiro atoms. The topological polar surface area (TPSA) is 95.1 Å². The molecule has 0 unspecified atom stereocenters. The third-order valence-electron chi connectivity index (χ3n) is 1.47. The van der Waals surface area contributed by atoms with Crippen molar-refractivity contribution in [3.63, 3.8) is 0 Å². The average molecular weight is 367 g/mol. The molecule has 0 saturated carbocycles. The van der Waals surface area contributed by atoms with Crippen LogP contribution >= 0.6 is 22.6 Å². The number of benzene rings is 1. The lowest BCUT2D eigenvalue weighted by Crippen LogP contribution is -2.10. The van der Waals surface area contributed by atoms with E-state index in [-0.39, 0.29) is 5.82 Å². The maximum atomic E-state index is 10.1. The third-order valence-corrected chi connectivity index (χ3v) is 2.65. The van der Waals surface area contributed by atoms with Crippen molar-refractivity contribution in [3.05, 3.63) is 46.2 Å². The second-order valence-electron chi connectivity index (χ2n) is 2.83. The van der Waals surface area contributed by atoms with Gasteiger partial charge in [-0.3, -0.25) is 9.65 Å². The van der Waals surface area contributed by atoms with Crippen LogP contribution in [0.15, 0.2) is 42.6 Å². The van der Waals surface area contributed by atoms with Crippen molar-refractivity contribution in [2.24, 2.45) is 0 Å². The van der Waals surface area contributed by atoms with Gasteiger partial charge in [0.15, 0.2) is 5.82 Å². The molecule has 0 fully saturated rings. The van der Waals surface area contributed by atoms with Crippen molar-refractivity contribution >= 4 is 38.7 Å². The highest BCUT2D eigenvalue weighted by molar-refractivity contribution is 14.1. The van der Waals surface area contributed by atoms with Crippen molar-refractivity contribution in [2.45, 2.75) is 0 Å². The van der Waals surface area contributed by atoms with Crippen molar-refractivity contribution in [1.82, 2.24) is 10.2 Å². The molecular formula is C9H10IN3O3S. The van der Waals surface area contributed by atoms with E-state index in [9.17, 15) is 8.42 Å². The number of hydrogen-bond acceptors (Lipinski definition) is 3. The molecule has 2 rings (SSSR count). The molecular weight excluding hydrogens is 357 g/mol. The number of aromatic amines is 1. The zero-order valence-corrected chi connectivity index (χ0v) is 11.5. The van der Waals surface area contributed by atoms with E-state index in [0.29, 0.717) is 0 Å². The summed E-state index contributed by atoms with van der Waals surface area (Å²) >= 11 is 2.28. The average Bonchev–Trinajstić information content (AvgIpc) is 2.70. The zero-order chi connectivity index (χ0) is 12.7. The van der Waals surface area contributed by atoms with Gasteiger partial charge in [-0.25, -0.2) is 4.72 Å². The predicted molar refractivity (Wildman–Crippen MR) is 72.9 cm³/mol. The zero-order valence-electron chi connectivity index (χ0n) is 8.54. The lowest BCUT2D eigenvalue weighted by atomic mass is 10.4. The molecule has 0 radical (unpaired) electrons. The minimum Gasteiger partial charge on any atom is -0.284 e. The van der Waals surface area contributed by atoms with E-state index >= 15 is 0 Å². The summed E-state index contributed by atoms with van der Waals surface area (Å²) in [5.41, 5.74) is 0. The van der Waals surface area contributed by atoms with Gasteiger partial charge in [-0.2, -0.15) is 13.5 Å². The van der Waals surface area contributed by atoms with Crippen LogP contribution in [-0.2, 0) is 10.3 Å². The van der Waals surface area contributed by atoms with Crippen molar-refractivity contribution < 1.29 is 13.0 Å². The Morgan fingerprint density at radius 1 is 1.24 bits per heavy atom. The Bertz CT molecular complexity index is 528. The number of nitrogens with one attached hydrogen (secondary N) is 2. The van der Waals surface area contributed by atoms with Gasteiger partial charge in [0.05, 0.1) is 0 Å². The number of rotatable bonds is 2. The Hall–Kier alpha value is -1.13. The molecule has 0 atom stereocenters. The van der Waals surface area contributed by atoms with Crippen molar-refractivity contribution in [3.8, 4) is 0 Å². The van der Waals surface area contributed by atoms with Gasteiger partial charge in [0.1, 0.15) is 0 Å². The number of H-pyrrole nitrogens is 1. The van der Waals surface area contributed by atoms with Gasteiger partial charge in [0.25, 0.3) is 0 Å². The molecule has 8 heteroatoms. The van der Waals surface area contributed by atoms with Gasteiger partial charge in [-0.05, 0) is 34.7 Å². The number of aromatic nitrogens is 2. The summed E-state index contributed by atoms with van der Waals surface area (Å²) in [5, 5.41) is 5.79. The smallest absolute Gasteiger partial charge is 0.284 e. The molecule has 1 heterocycles. The maximum Gasteiger partial charge on any atom is 0.358 e. The van der Waals surface area contributed by atoms with E-state index in [0.717, 1.165) is 0 Å². The predicted octanol–water partition coefficient (Wildman–Crippen LogP) is 1.92. The van der Waals surface area contributed by atoms with Gasteiger partial charge in [0, 0.05) is 15.8 Å². The summed E-state index contributed by atoms with van der Waals surface area (Å²) in [4.78, 5) is 0. The minimum atomic E-state index is -4.18. The monoisotopic (exact) mass is 367 g/mol. The molecule has 3 N–H and O–H groups in total. The SMILES string of the molecule is Ic1ccccc1.O=S(=O)(O)Nc1cc[nH]n1. The van der Waals surface area contributed by atoms with E-state index in [4.69, 9.17) is 4.55 Å². The van der Waals surface area contributed by atoms with E-state index in [1.54, 1.807) is 4.72 Å². The number of anilines is 1. The quantitative estimate of drug-likeness (QED) is 0.558. The molecule has 92 valence electrons. The van der Waals surface area contributed by atoms with Crippen LogP contribution in [-0.4, -0.2) is 23.2 Å². The van der Waals surface area contributed by atoms with Gasteiger partial charge in [-0.1, -0.05) is 18.2 Å². The van der Waals surface area contributed by atoms with Crippen LogP contribution in [0, 0.1) is 3.57 Å². The Labute approximate surface area is 112 Å². The molecule has 0 aliphatic heterocycles. The molecule has 1 aromatic heterocycles. The Kier molecular flexibility index (Phi) is 5.38. The highest BCUT2D eigenvalue weighted by Gasteiger charge is 2.03. The van der Waals surface area contributed by atoms with Crippen LogP contribution in [0.5, 0.6) is 0 Å². The minimum absolute atomic E-state index is 0.0579. The first-order chi connectivity index (χ1) is 7.97. The molecule has 0 saturated heterocycles. The summed E-state index contributed by atoms with van der Waals surface area (Å²) in [6, 6.07) is 11.6. The lowest BCUT2D eigenvalue weighted by molar-refractivity contribution is 0.489. The van der Waals surface area contributed by atoms with Crippen LogP contribution in [0.25, 0.3) is 0 Å². The summed E-state index contributed by atoms with van der Waals surface area (Å²) in [5.74, 6) is 0.0579. The second-order valence-corrected chi connectivity index (χ2v) is 5.23. The molecule has 2 aromatic rings. The second kappa shape index (κ2) is 6.57. The van der Waals surface area contributed by atoms with Gasteiger partial charge in [0.2, 0.25) is 0 Å². The fourth-order valence-corrected chi connectivity index (χ4v) is 1.66. The summed E-state index contributed by atoms with van der Waals surface area (Å²) in [6.45, 7) is 0. The Morgan fingerprint density at radius 3 is 2.24 bits per heavy atom. The van der Waals surface area contributed by atoms with Crippen LogP contribution in [0.2, 0.25) is 0 Å². The van der Waals surface area contributed by atoms with Crippen molar-refractivity contribution in [2.75, 3.05) is 4.72 Å². The molecule has 0 bridgehead atoms. The van der Waals surface area contributed by atoms with Gasteiger partial charge in [-0.15, -0.1) is 0 Å². The van der Waals surface area contributed by atoms with E-state index in [1.807, 2.05) is 18.2 Å². The molecule has 0 amide bonds. The lowest BCUT2D eigenvalue weighted by Gasteiger charge is -1.93. The highest BCUT2D eigenvalue weighted by Crippen LogP contribution is 2.00. The molecule has 0 aliphatic rings. The summed E-state index contributed by atoms with van der Waals surface area (Å²) < 4.78 is 31.4. The number of hydrogen-bond donors (Lipinski definition) is 3. The van der Waals surface area contributed by atoms with E-state index in [1.165, 1.54) is 15.8 Å². The fraction of sp³-hybridized carbons (Fsp3) is 0. The molecule has 6 nitrogen and oxygen atoms in total. The Morgan fingerprint density at radius 2 is 1.88 bits per heavy atom. The highest BCUT2D eigenvalue weighted by atomic mass is 127. The van der Waals surface area contributed by atoms with Crippen molar-refractivity contribution in [1.29, 1.82) is 0 Å². The van der Waals surface area contributed by atoms with Crippen LogP contribution in [0.3, 0.4) is 0 Å². The number of halogens is 1. The summed E-state index contributed by atoms with van der Waals surface area (Å²) in [7, 11) is -4.18. The largest absolute Gasteiger partial charge is 0.358 e. The summed E-state index contributed by atoms with van der Waals surface area (Å²) in [6.07, 6.45) is 1.42. The number of nitrogens with zero attached hydrogens (tertiary/aromatic N) is 1. The first kappa shape index (κ1) is 13.9. The van der Waals surface area contributed by atoms with Crippen LogP contribution in [0.4, 0.5) is 5.82 Å². The third kappa shape index (κ3) is 6.92. The van der Waals surface area contributed by atoms with E-state index < -0.39 is 10.3 Å². The molecule has 0 aliphatic carbocycles. The first-order valence-electron chi connectivity index (χ1n) is 4.43. The fourth-order valence-electron chi connectivity index (χ4n) is 0.864. The molecule has 17 heavy (non-hydrogen) atoms. The normalized spacial score (nSPS) is 10.2. The maximum absolute atomic E-state index is 10.1. The van der Waals surface area contributed by atoms with E-state index in [2.05, 4.69) is 44.9 Å². The molecule has 1 aromatic carbocycles. The van der Waals surface area contributed by atoms with Gasteiger partial charge < -0.3 is 0 Å². The standard InChI is InChI=1S/C6H5I.C3H5N3O3S/c7-6-4-2-1-3-5-6;7-10(8,9)6-3-1-2-4-5-3/h1-5H;1-2H,(H2,4,5,6)(H,7,8,9). The first-order valence-corrected chi connectivity index (χ1v) is 6.95. The Balaban J connectivity index is 0.000000181. The van der Waals surface area contributed by atoms with Gasteiger partial charge >= 0.3 is 10.3 Å².